The zero-order chi connectivity index (χ0) is 14.1. The van der Waals surface area contributed by atoms with Crippen LogP contribution < -0.4 is 10.2 Å². The summed E-state index contributed by atoms with van der Waals surface area (Å²) in [5.74, 6) is 0.702. The second-order valence-corrected chi connectivity index (χ2v) is 6.52. The fraction of sp³-hybridized carbons (Fsp3) is 0.438. The summed E-state index contributed by atoms with van der Waals surface area (Å²) in [5.41, 5.74) is 3.84. The first kappa shape index (κ1) is 13.6. The summed E-state index contributed by atoms with van der Waals surface area (Å²) in [6.07, 6.45) is 2.60. The van der Waals surface area contributed by atoms with Crippen molar-refractivity contribution in [2.45, 2.75) is 32.2 Å². The predicted octanol–water partition coefficient (Wildman–Crippen LogP) is 3.82. The first-order valence-corrected chi connectivity index (χ1v) is 7.96. The summed E-state index contributed by atoms with van der Waals surface area (Å²) in [5, 5.41) is 4.37. The predicted molar refractivity (Wildman–Crippen MR) is 86.1 cm³/mol. The van der Waals surface area contributed by atoms with Crippen LogP contribution in [0.25, 0.3) is 0 Å². The molecule has 0 aliphatic heterocycles. The van der Waals surface area contributed by atoms with Crippen molar-refractivity contribution in [3.63, 3.8) is 0 Å². The van der Waals surface area contributed by atoms with Crippen molar-refractivity contribution in [2.75, 3.05) is 19.0 Å². The van der Waals surface area contributed by atoms with Crippen LogP contribution in [0, 0.1) is 6.92 Å². The standard InChI is InChI=1S/C16H21N3S/c1-11-6-4-5-7-13(11)19(3)16-18-15(12-8-9-12)14(20-16)10-17-2/h4-7,12,17H,8-10H2,1-3H3. The van der Waals surface area contributed by atoms with Crippen molar-refractivity contribution in [2.24, 2.45) is 0 Å². The van der Waals surface area contributed by atoms with E-state index in [2.05, 4.69) is 48.5 Å². The minimum Gasteiger partial charge on any atom is -0.321 e. The Balaban J connectivity index is 1.93. The van der Waals surface area contributed by atoms with Gasteiger partial charge < -0.3 is 10.2 Å². The van der Waals surface area contributed by atoms with Crippen LogP contribution in [0.1, 0.15) is 34.9 Å². The normalized spacial score (nSPS) is 14.6. The molecule has 1 aliphatic rings. The summed E-state index contributed by atoms with van der Waals surface area (Å²) in [4.78, 5) is 8.52. The lowest BCUT2D eigenvalue weighted by atomic mass is 10.2. The van der Waals surface area contributed by atoms with Crippen molar-refractivity contribution in [3.05, 3.63) is 40.4 Å². The summed E-state index contributed by atoms with van der Waals surface area (Å²) in [6, 6.07) is 8.47. The van der Waals surface area contributed by atoms with Crippen LogP contribution >= 0.6 is 11.3 Å². The van der Waals surface area contributed by atoms with Crippen LogP contribution in [-0.2, 0) is 6.54 Å². The van der Waals surface area contributed by atoms with Gasteiger partial charge in [0.1, 0.15) is 0 Å². The molecule has 0 atom stereocenters. The fourth-order valence-corrected chi connectivity index (χ4v) is 3.63. The molecule has 0 saturated heterocycles. The molecule has 0 spiro atoms. The smallest absolute Gasteiger partial charge is 0.190 e. The van der Waals surface area contributed by atoms with Crippen LogP contribution in [0.5, 0.6) is 0 Å². The minimum absolute atomic E-state index is 0.702. The quantitative estimate of drug-likeness (QED) is 0.906. The first-order chi connectivity index (χ1) is 9.70. The maximum Gasteiger partial charge on any atom is 0.190 e. The third-order valence-electron chi connectivity index (χ3n) is 3.78. The molecule has 1 heterocycles. The van der Waals surface area contributed by atoms with Crippen molar-refractivity contribution in [1.82, 2.24) is 10.3 Å². The van der Waals surface area contributed by atoms with Crippen molar-refractivity contribution >= 4 is 22.2 Å². The van der Waals surface area contributed by atoms with E-state index in [9.17, 15) is 0 Å². The average molecular weight is 287 g/mol. The van der Waals surface area contributed by atoms with E-state index in [0.717, 1.165) is 11.7 Å². The van der Waals surface area contributed by atoms with E-state index in [0.29, 0.717) is 5.92 Å². The molecule has 0 unspecified atom stereocenters. The number of anilines is 2. The third-order valence-corrected chi connectivity index (χ3v) is 4.93. The number of aromatic nitrogens is 1. The molecular formula is C16H21N3S. The SMILES string of the molecule is CNCc1sc(N(C)c2ccccc2C)nc1C1CC1. The van der Waals surface area contributed by atoms with E-state index in [-0.39, 0.29) is 0 Å². The Morgan fingerprint density at radius 1 is 1.35 bits per heavy atom. The van der Waals surface area contributed by atoms with Gasteiger partial charge in [-0.2, -0.15) is 0 Å². The topological polar surface area (TPSA) is 28.2 Å². The number of para-hydroxylation sites is 1. The van der Waals surface area contributed by atoms with Gasteiger partial charge in [0.2, 0.25) is 0 Å². The molecule has 20 heavy (non-hydrogen) atoms. The molecule has 1 aromatic carbocycles. The van der Waals surface area contributed by atoms with Crippen LogP contribution in [0.4, 0.5) is 10.8 Å². The molecule has 1 N–H and O–H groups in total. The Morgan fingerprint density at radius 2 is 2.10 bits per heavy atom. The third kappa shape index (κ3) is 2.58. The van der Waals surface area contributed by atoms with Gasteiger partial charge in [-0.1, -0.05) is 29.5 Å². The highest BCUT2D eigenvalue weighted by atomic mass is 32.1. The van der Waals surface area contributed by atoms with Crippen LogP contribution in [0.2, 0.25) is 0 Å². The van der Waals surface area contributed by atoms with E-state index in [1.165, 1.54) is 34.7 Å². The molecule has 0 radical (unpaired) electrons. The largest absolute Gasteiger partial charge is 0.321 e. The molecular weight excluding hydrogens is 266 g/mol. The highest BCUT2D eigenvalue weighted by Gasteiger charge is 2.30. The minimum atomic E-state index is 0.702. The Kier molecular flexibility index (Phi) is 3.76. The molecule has 3 rings (SSSR count). The number of nitrogens with one attached hydrogen (secondary N) is 1. The van der Waals surface area contributed by atoms with Gasteiger partial charge >= 0.3 is 0 Å². The van der Waals surface area contributed by atoms with Gasteiger partial charge in [-0.15, -0.1) is 0 Å². The van der Waals surface area contributed by atoms with Crippen molar-refractivity contribution in [1.29, 1.82) is 0 Å². The zero-order valence-electron chi connectivity index (χ0n) is 12.3. The molecule has 1 saturated carbocycles. The van der Waals surface area contributed by atoms with Gasteiger partial charge in [0.25, 0.3) is 0 Å². The molecule has 1 aliphatic carbocycles. The second-order valence-electron chi connectivity index (χ2n) is 5.45. The van der Waals surface area contributed by atoms with Gasteiger partial charge in [-0.05, 0) is 38.4 Å². The fourth-order valence-electron chi connectivity index (χ4n) is 2.50. The Labute approximate surface area is 124 Å². The lowest BCUT2D eigenvalue weighted by Gasteiger charge is -2.18. The van der Waals surface area contributed by atoms with Crippen LogP contribution in [0.3, 0.4) is 0 Å². The molecule has 3 nitrogen and oxygen atoms in total. The highest BCUT2D eigenvalue weighted by molar-refractivity contribution is 7.15. The van der Waals surface area contributed by atoms with E-state index in [4.69, 9.17) is 4.98 Å². The first-order valence-electron chi connectivity index (χ1n) is 7.14. The summed E-state index contributed by atoms with van der Waals surface area (Å²) in [7, 11) is 4.11. The van der Waals surface area contributed by atoms with Gasteiger partial charge in [0.05, 0.1) is 5.69 Å². The van der Waals surface area contributed by atoms with E-state index >= 15 is 0 Å². The lowest BCUT2D eigenvalue weighted by molar-refractivity contribution is 0.812. The summed E-state index contributed by atoms with van der Waals surface area (Å²) in [6.45, 7) is 3.07. The van der Waals surface area contributed by atoms with Gasteiger partial charge in [0.15, 0.2) is 5.13 Å². The number of rotatable bonds is 5. The van der Waals surface area contributed by atoms with E-state index in [1.54, 1.807) is 0 Å². The van der Waals surface area contributed by atoms with E-state index in [1.807, 2.05) is 18.4 Å². The Hall–Kier alpha value is -1.39. The van der Waals surface area contributed by atoms with Crippen molar-refractivity contribution in [3.8, 4) is 0 Å². The van der Waals surface area contributed by atoms with Gasteiger partial charge in [-0.3, -0.25) is 0 Å². The maximum atomic E-state index is 4.91. The molecule has 4 heteroatoms. The molecule has 2 aromatic rings. The highest BCUT2D eigenvalue weighted by Crippen LogP contribution is 2.44. The van der Waals surface area contributed by atoms with E-state index < -0.39 is 0 Å². The maximum absolute atomic E-state index is 4.91. The number of nitrogens with zero attached hydrogens (tertiary/aromatic N) is 2. The number of benzene rings is 1. The lowest BCUT2D eigenvalue weighted by Crippen LogP contribution is -2.10. The number of hydrogen-bond acceptors (Lipinski definition) is 4. The monoisotopic (exact) mass is 287 g/mol. The molecule has 1 aromatic heterocycles. The van der Waals surface area contributed by atoms with Crippen molar-refractivity contribution < 1.29 is 0 Å². The average Bonchev–Trinajstić information content (AvgIpc) is 3.20. The number of thiazole rings is 1. The summed E-state index contributed by atoms with van der Waals surface area (Å²) >= 11 is 1.82. The summed E-state index contributed by atoms with van der Waals surface area (Å²) < 4.78 is 0. The molecule has 0 amide bonds. The van der Waals surface area contributed by atoms with Gasteiger partial charge in [-0.25, -0.2) is 4.98 Å². The van der Waals surface area contributed by atoms with Crippen LogP contribution in [-0.4, -0.2) is 19.1 Å². The molecule has 106 valence electrons. The Morgan fingerprint density at radius 3 is 2.75 bits per heavy atom. The second kappa shape index (κ2) is 5.54. The zero-order valence-corrected chi connectivity index (χ0v) is 13.1. The molecule has 0 bridgehead atoms. The molecule has 1 fully saturated rings. The Bertz CT molecular complexity index is 602. The van der Waals surface area contributed by atoms with Gasteiger partial charge in [0, 0.05) is 30.1 Å². The van der Waals surface area contributed by atoms with Crippen LogP contribution in [0.15, 0.2) is 24.3 Å². The number of aryl methyl sites for hydroxylation is 1. The number of hydrogen-bond donors (Lipinski definition) is 1.